The van der Waals surface area contributed by atoms with Gasteiger partial charge >= 0.3 is 12.2 Å². The molecule has 6 nitrogen and oxygen atoms in total. The van der Waals surface area contributed by atoms with Crippen LogP contribution in [-0.4, -0.2) is 49.7 Å². The molecule has 1 aliphatic heterocycles. The van der Waals surface area contributed by atoms with Crippen molar-refractivity contribution >= 4 is 6.01 Å². The number of aromatic nitrogens is 2. The highest BCUT2D eigenvalue weighted by Gasteiger charge is 2.42. The van der Waals surface area contributed by atoms with Crippen molar-refractivity contribution in [3.05, 3.63) is 5.89 Å². The van der Waals surface area contributed by atoms with E-state index in [1.807, 2.05) is 0 Å². The number of alkyl halides is 3. The van der Waals surface area contributed by atoms with E-state index in [-0.39, 0.29) is 19.0 Å². The number of rotatable bonds is 6. The van der Waals surface area contributed by atoms with Crippen LogP contribution >= 0.6 is 0 Å². The predicted octanol–water partition coefficient (Wildman–Crippen LogP) is 1.58. The maximum Gasteiger partial charge on any atom is 0.393 e. The van der Waals surface area contributed by atoms with E-state index in [9.17, 15) is 13.2 Å². The molecule has 0 radical (unpaired) electrons. The maximum absolute atomic E-state index is 12.8. The van der Waals surface area contributed by atoms with Crippen molar-refractivity contribution in [1.29, 1.82) is 0 Å². The Morgan fingerprint density at radius 1 is 1.43 bits per heavy atom. The van der Waals surface area contributed by atoms with Crippen molar-refractivity contribution in [1.82, 2.24) is 15.5 Å². The topological polar surface area (TPSA) is 63.4 Å². The van der Waals surface area contributed by atoms with Gasteiger partial charge in [0.1, 0.15) is 0 Å². The summed E-state index contributed by atoms with van der Waals surface area (Å²) in [5, 5.41) is 10.7. The zero-order chi connectivity index (χ0) is 15.3. The van der Waals surface area contributed by atoms with Gasteiger partial charge in [0.2, 0.25) is 5.89 Å². The van der Waals surface area contributed by atoms with Crippen molar-refractivity contribution in [2.24, 2.45) is 5.92 Å². The second-order valence-corrected chi connectivity index (χ2v) is 4.97. The fourth-order valence-corrected chi connectivity index (χ4v) is 2.23. The summed E-state index contributed by atoms with van der Waals surface area (Å²) in [5.74, 6) is -0.975. The second kappa shape index (κ2) is 7.08. The molecule has 2 rings (SSSR count). The zero-order valence-corrected chi connectivity index (χ0v) is 11.8. The van der Waals surface area contributed by atoms with Crippen molar-refractivity contribution < 1.29 is 22.3 Å². The Labute approximate surface area is 120 Å². The molecule has 1 unspecified atom stereocenters. The minimum Gasteiger partial charge on any atom is -0.407 e. The smallest absolute Gasteiger partial charge is 0.393 e. The van der Waals surface area contributed by atoms with Crippen molar-refractivity contribution in [3.63, 3.8) is 0 Å². The minimum absolute atomic E-state index is 0.123. The summed E-state index contributed by atoms with van der Waals surface area (Å²) >= 11 is 0. The molecule has 1 aliphatic rings. The van der Waals surface area contributed by atoms with Gasteiger partial charge in [0, 0.05) is 26.7 Å². The van der Waals surface area contributed by atoms with Gasteiger partial charge in [0.15, 0.2) is 0 Å². The Morgan fingerprint density at radius 2 is 2.24 bits per heavy atom. The average Bonchev–Trinajstić information content (AvgIpc) is 2.92. The van der Waals surface area contributed by atoms with E-state index in [0.717, 1.165) is 0 Å². The van der Waals surface area contributed by atoms with Gasteiger partial charge in [-0.1, -0.05) is 5.10 Å². The summed E-state index contributed by atoms with van der Waals surface area (Å²) in [6, 6.07) is 0.160. The summed E-state index contributed by atoms with van der Waals surface area (Å²) in [5.41, 5.74) is 0. The zero-order valence-electron chi connectivity index (χ0n) is 11.8. The number of hydrogen-bond donors (Lipinski definition) is 1. The number of hydrogen-bond acceptors (Lipinski definition) is 6. The summed E-state index contributed by atoms with van der Waals surface area (Å²) < 4.78 is 48.6. The average molecular weight is 308 g/mol. The van der Waals surface area contributed by atoms with E-state index in [1.54, 1.807) is 7.11 Å². The van der Waals surface area contributed by atoms with Crippen molar-refractivity contribution in [3.8, 4) is 0 Å². The molecule has 1 atom stereocenters. The molecule has 2 heterocycles. The summed E-state index contributed by atoms with van der Waals surface area (Å²) in [6.07, 6.45) is -3.56. The first kappa shape index (κ1) is 16.0. The van der Waals surface area contributed by atoms with Gasteiger partial charge in [-0.05, 0) is 12.8 Å². The predicted molar refractivity (Wildman–Crippen MR) is 68.9 cm³/mol. The van der Waals surface area contributed by atoms with Gasteiger partial charge in [-0.2, -0.15) is 13.2 Å². The van der Waals surface area contributed by atoms with Crippen LogP contribution in [0.15, 0.2) is 4.42 Å². The van der Waals surface area contributed by atoms with Gasteiger partial charge in [-0.25, -0.2) is 0 Å². The lowest BCUT2D eigenvalue weighted by Gasteiger charge is -2.32. The highest BCUT2D eigenvalue weighted by Crippen LogP contribution is 2.34. The highest BCUT2D eigenvalue weighted by atomic mass is 19.4. The summed E-state index contributed by atoms with van der Waals surface area (Å²) in [4.78, 5) is 1.51. The van der Waals surface area contributed by atoms with E-state index < -0.39 is 12.1 Å². The maximum atomic E-state index is 12.8. The van der Waals surface area contributed by atoms with Crippen LogP contribution in [0.5, 0.6) is 0 Å². The Kier molecular flexibility index (Phi) is 5.40. The molecule has 1 N–H and O–H groups in total. The van der Waals surface area contributed by atoms with Crippen LogP contribution in [0.3, 0.4) is 0 Å². The van der Waals surface area contributed by atoms with Crippen LogP contribution < -0.4 is 10.2 Å². The Hall–Kier alpha value is -1.35. The quantitative estimate of drug-likeness (QED) is 0.805. The van der Waals surface area contributed by atoms with E-state index in [1.165, 1.54) is 4.90 Å². The van der Waals surface area contributed by atoms with Crippen molar-refractivity contribution in [2.45, 2.75) is 25.6 Å². The molecule has 1 saturated heterocycles. The standard InChI is InChI=1S/C12H19F3N4O2/c1-20-6-4-16-7-10-17-18-11(21-10)19-5-2-3-9(8-19)12(13,14)15/h9,16H,2-8H2,1H3. The number of anilines is 1. The summed E-state index contributed by atoms with van der Waals surface area (Å²) in [6.45, 7) is 1.94. The number of nitrogens with one attached hydrogen (secondary N) is 1. The molecule has 120 valence electrons. The number of nitrogens with zero attached hydrogens (tertiary/aromatic N) is 3. The first-order valence-electron chi connectivity index (χ1n) is 6.84. The first-order valence-corrected chi connectivity index (χ1v) is 6.84. The molecule has 0 saturated carbocycles. The third-order valence-electron chi connectivity index (χ3n) is 3.37. The normalized spacial score (nSPS) is 20.0. The first-order chi connectivity index (χ1) is 10.0. The van der Waals surface area contributed by atoms with Crippen molar-refractivity contribution in [2.75, 3.05) is 38.3 Å². The molecule has 9 heteroatoms. The van der Waals surface area contributed by atoms with Crippen LogP contribution in [0.2, 0.25) is 0 Å². The molecule has 0 spiro atoms. The van der Waals surface area contributed by atoms with Crippen LogP contribution in [0.1, 0.15) is 18.7 Å². The molecule has 0 aliphatic carbocycles. The highest BCUT2D eigenvalue weighted by molar-refractivity contribution is 5.25. The lowest BCUT2D eigenvalue weighted by Crippen LogP contribution is -2.41. The van der Waals surface area contributed by atoms with Crippen LogP contribution in [-0.2, 0) is 11.3 Å². The molecule has 1 aromatic heterocycles. The fourth-order valence-electron chi connectivity index (χ4n) is 2.23. The van der Waals surface area contributed by atoms with Gasteiger partial charge in [-0.15, -0.1) is 5.10 Å². The van der Waals surface area contributed by atoms with E-state index >= 15 is 0 Å². The molecule has 0 amide bonds. The Balaban J connectivity index is 1.88. The number of methoxy groups -OCH3 is 1. The lowest BCUT2D eigenvalue weighted by molar-refractivity contribution is -0.176. The largest absolute Gasteiger partial charge is 0.407 e. The number of ether oxygens (including phenoxy) is 1. The van der Waals surface area contributed by atoms with Crippen LogP contribution in [0, 0.1) is 5.92 Å². The van der Waals surface area contributed by atoms with Gasteiger partial charge in [0.05, 0.1) is 19.1 Å². The van der Waals surface area contributed by atoms with Crippen LogP contribution in [0.4, 0.5) is 19.2 Å². The summed E-state index contributed by atoms with van der Waals surface area (Å²) in [7, 11) is 1.60. The molecule has 0 aromatic carbocycles. The molecule has 1 fully saturated rings. The van der Waals surface area contributed by atoms with Gasteiger partial charge < -0.3 is 19.4 Å². The molecular formula is C12H19F3N4O2. The monoisotopic (exact) mass is 308 g/mol. The molecule has 21 heavy (non-hydrogen) atoms. The third-order valence-corrected chi connectivity index (χ3v) is 3.37. The Bertz CT molecular complexity index is 438. The van der Waals surface area contributed by atoms with E-state index in [0.29, 0.717) is 38.6 Å². The van der Waals surface area contributed by atoms with Gasteiger partial charge in [-0.3, -0.25) is 0 Å². The van der Waals surface area contributed by atoms with E-state index in [2.05, 4.69) is 15.5 Å². The lowest BCUT2D eigenvalue weighted by atomic mass is 9.98. The SMILES string of the molecule is COCCNCc1nnc(N2CCCC(C(F)(F)F)C2)o1. The third kappa shape index (κ3) is 4.57. The second-order valence-electron chi connectivity index (χ2n) is 4.97. The number of halogens is 3. The minimum atomic E-state index is -4.18. The molecular weight excluding hydrogens is 289 g/mol. The Morgan fingerprint density at radius 3 is 2.95 bits per heavy atom. The fraction of sp³-hybridized carbons (Fsp3) is 0.833. The number of piperidine rings is 1. The molecule has 1 aromatic rings. The van der Waals surface area contributed by atoms with Gasteiger partial charge in [0.25, 0.3) is 0 Å². The van der Waals surface area contributed by atoms with Crippen LogP contribution in [0.25, 0.3) is 0 Å². The van der Waals surface area contributed by atoms with E-state index in [4.69, 9.17) is 9.15 Å². The molecule has 0 bridgehead atoms.